The molecule has 3 atom stereocenters. The molecule has 2 bridgehead atoms. The van der Waals surface area contributed by atoms with Gasteiger partial charge >= 0.3 is 0 Å². The Kier molecular flexibility index (Phi) is 1.93. The van der Waals surface area contributed by atoms with E-state index >= 15 is 0 Å². The van der Waals surface area contributed by atoms with Crippen LogP contribution < -0.4 is 10.6 Å². The monoisotopic (exact) mass is 228 g/mol. The summed E-state index contributed by atoms with van der Waals surface area (Å²) in [6.45, 7) is 0. The molecule has 4 heteroatoms. The third kappa shape index (κ3) is 1.52. The number of aromatic amines is 1. The topological polar surface area (TPSA) is 52.7 Å². The number of benzene rings is 1. The quantitative estimate of drug-likeness (QED) is 0.735. The molecule has 1 aromatic carbocycles. The van der Waals surface area contributed by atoms with Crippen molar-refractivity contribution in [3.05, 3.63) is 24.4 Å². The van der Waals surface area contributed by atoms with Crippen LogP contribution in [0.3, 0.4) is 0 Å². The van der Waals surface area contributed by atoms with Crippen LogP contribution in [0.1, 0.15) is 19.3 Å². The molecule has 0 aliphatic carbocycles. The second kappa shape index (κ2) is 3.47. The molecule has 4 nitrogen and oxygen atoms in total. The lowest BCUT2D eigenvalue weighted by Crippen LogP contribution is -2.33. The van der Waals surface area contributed by atoms with Gasteiger partial charge in [0.05, 0.1) is 11.7 Å². The van der Waals surface area contributed by atoms with Gasteiger partial charge in [-0.05, 0) is 37.5 Å². The van der Waals surface area contributed by atoms with E-state index in [9.17, 15) is 0 Å². The van der Waals surface area contributed by atoms with Crippen molar-refractivity contribution >= 4 is 16.6 Å². The standard InChI is InChI=1S/C13H16N4/c1-3-11-8(7-14-17-11)5-9(1)16-13-6-10-2-4-12(13)15-10/h1,3,5,7,10,12-13,15-16H,2,4,6H2,(H,14,17). The van der Waals surface area contributed by atoms with E-state index in [-0.39, 0.29) is 0 Å². The van der Waals surface area contributed by atoms with Crippen LogP contribution in [0, 0.1) is 0 Å². The van der Waals surface area contributed by atoms with Gasteiger partial charge in [-0.15, -0.1) is 0 Å². The van der Waals surface area contributed by atoms with Crippen LogP contribution in [0.2, 0.25) is 0 Å². The molecular formula is C13H16N4. The van der Waals surface area contributed by atoms with E-state index in [1.165, 1.54) is 30.3 Å². The minimum absolute atomic E-state index is 0.595. The maximum absolute atomic E-state index is 4.05. The first-order valence-corrected chi connectivity index (χ1v) is 6.34. The summed E-state index contributed by atoms with van der Waals surface area (Å²) >= 11 is 0. The van der Waals surface area contributed by atoms with Gasteiger partial charge in [-0.25, -0.2) is 0 Å². The van der Waals surface area contributed by atoms with E-state index in [0.717, 1.165) is 11.6 Å². The molecule has 88 valence electrons. The highest BCUT2D eigenvalue weighted by molar-refractivity contribution is 5.81. The molecule has 2 fully saturated rings. The van der Waals surface area contributed by atoms with Gasteiger partial charge in [-0.3, -0.25) is 5.10 Å². The minimum Gasteiger partial charge on any atom is -0.381 e. The number of nitrogens with one attached hydrogen (secondary N) is 3. The van der Waals surface area contributed by atoms with Crippen LogP contribution in [-0.4, -0.2) is 28.3 Å². The van der Waals surface area contributed by atoms with Crippen molar-refractivity contribution < 1.29 is 0 Å². The molecule has 4 rings (SSSR count). The summed E-state index contributed by atoms with van der Waals surface area (Å²) in [7, 11) is 0. The molecule has 0 amide bonds. The molecule has 2 aromatic rings. The zero-order chi connectivity index (χ0) is 11.2. The molecule has 3 unspecified atom stereocenters. The van der Waals surface area contributed by atoms with Crippen LogP contribution in [0.25, 0.3) is 10.9 Å². The van der Waals surface area contributed by atoms with Gasteiger partial charge in [0.1, 0.15) is 0 Å². The fourth-order valence-corrected chi connectivity index (χ4v) is 3.23. The molecule has 0 radical (unpaired) electrons. The molecule has 3 heterocycles. The summed E-state index contributed by atoms with van der Waals surface area (Å²) in [5, 5.41) is 15.5. The Labute approximate surface area is 99.8 Å². The smallest absolute Gasteiger partial charge is 0.0651 e. The number of anilines is 1. The molecule has 3 N–H and O–H groups in total. The van der Waals surface area contributed by atoms with Crippen LogP contribution in [-0.2, 0) is 0 Å². The Hall–Kier alpha value is -1.55. The average molecular weight is 228 g/mol. The fourth-order valence-electron chi connectivity index (χ4n) is 3.23. The first-order valence-electron chi connectivity index (χ1n) is 6.34. The summed E-state index contributed by atoms with van der Waals surface area (Å²) in [5.41, 5.74) is 2.31. The van der Waals surface area contributed by atoms with Crippen LogP contribution in [0.15, 0.2) is 24.4 Å². The molecule has 2 saturated heterocycles. The van der Waals surface area contributed by atoms with Crippen molar-refractivity contribution in [2.45, 2.75) is 37.4 Å². The van der Waals surface area contributed by atoms with Crippen LogP contribution in [0.5, 0.6) is 0 Å². The van der Waals surface area contributed by atoms with Crippen LogP contribution >= 0.6 is 0 Å². The highest BCUT2D eigenvalue weighted by atomic mass is 15.1. The zero-order valence-corrected chi connectivity index (χ0v) is 9.61. The Bertz CT molecular complexity index is 547. The number of H-pyrrole nitrogens is 1. The number of rotatable bonds is 2. The summed E-state index contributed by atoms with van der Waals surface area (Å²) in [6.07, 6.45) is 5.80. The molecular weight excluding hydrogens is 212 g/mol. The fraction of sp³-hybridized carbons (Fsp3) is 0.462. The van der Waals surface area contributed by atoms with Gasteiger partial charge in [0, 0.05) is 29.2 Å². The second-order valence-electron chi connectivity index (χ2n) is 5.21. The van der Waals surface area contributed by atoms with Crippen LogP contribution in [0.4, 0.5) is 5.69 Å². The summed E-state index contributed by atoms with van der Waals surface area (Å²) in [6, 6.07) is 8.40. The number of fused-ring (bicyclic) bond motifs is 3. The first kappa shape index (κ1) is 9.48. The van der Waals surface area contributed by atoms with Gasteiger partial charge in [0.25, 0.3) is 0 Å². The average Bonchev–Trinajstić information content (AvgIpc) is 3.03. The normalized spacial score (nSPS) is 31.2. The Balaban J connectivity index is 1.58. The van der Waals surface area contributed by atoms with E-state index in [4.69, 9.17) is 0 Å². The van der Waals surface area contributed by atoms with E-state index in [1.54, 1.807) is 0 Å². The number of nitrogens with zero attached hydrogens (tertiary/aromatic N) is 1. The third-order valence-corrected chi connectivity index (χ3v) is 4.09. The molecule has 0 spiro atoms. The lowest BCUT2D eigenvalue weighted by Gasteiger charge is -2.22. The number of hydrogen-bond acceptors (Lipinski definition) is 3. The van der Waals surface area contributed by atoms with Crippen molar-refractivity contribution in [2.24, 2.45) is 0 Å². The number of aromatic nitrogens is 2. The maximum atomic E-state index is 4.05. The van der Waals surface area contributed by atoms with Gasteiger partial charge < -0.3 is 10.6 Å². The van der Waals surface area contributed by atoms with Gasteiger partial charge in [0.2, 0.25) is 0 Å². The third-order valence-electron chi connectivity index (χ3n) is 4.09. The molecule has 2 aliphatic heterocycles. The largest absolute Gasteiger partial charge is 0.381 e. The first-order chi connectivity index (χ1) is 8.38. The van der Waals surface area contributed by atoms with E-state index < -0.39 is 0 Å². The molecule has 0 saturated carbocycles. The van der Waals surface area contributed by atoms with Crippen molar-refractivity contribution in [2.75, 3.05) is 5.32 Å². The highest BCUT2D eigenvalue weighted by Crippen LogP contribution is 2.30. The predicted octanol–water partition coefficient (Wildman–Crippen LogP) is 1.87. The Morgan fingerprint density at radius 3 is 3.12 bits per heavy atom. The molecule has 1 aromatic heterocycles. The minimum atomic E-state index is 0.595. The lowest BCUT2D eigenvalue weighted by molar-refractivity contribution is 0.527. The van der Waals surface area contributed by atoms with Crippen molar-refractivity contribution in [3.8, 4) is 0 Å². The van der Waals surface area contributed by atoms with Gasteiger partial charge in [-0.1, -0.05) is 0 Å². The lowest BCUT2D eigenvalue weighted by atomic mass is 9.95. The van der Waals surface area contributed by atoms with E-state index in [0.29, 0.717) is 12.1 Å². The molecule has 2 aliphatic rings. The van der Waals surface area contributed by atoms with Crippen molar-refractivity contribution in [3.63, 3.8) is 0 Å². The zero-order valence-electron chi connectivity index (χ0n) is 9.61. The van der Waals surface area contributed by atoms with Gasteiger partial charge in [0.15, 0.2) is 0 Å². The second-order valence-corrected chi connectivity index (χ2v) is 5.21. The van der Waals surface area contributed by atoms with Crippen molar-refractivity contribution in [1.82, 2.24) is 15.5 Å². The number of hydrogen-bond donors (Lipinski definition) is 3. The van der Waals surface area contributed by atoms with Gasteiger partial charge in [-0.2, -0.15) is 5.10 Å². The summed E-state index contributed by atoms with van der Waals surface area (Å²) in [4.78, 5) is 0. The van der Waals surface area contributed by atoms with E-state index in [2.05, 4.69) is 39.0 Å². The predicted molar refractivity (Wildman–Crippen MR) is 68.1 cm³/mol. The maximum Gasteiger partial charge on any atom is 0.0651 e. The van der Waals surface area contributed by atoms with E-state index in [1.807, 2.05) is 6.20 Å². The summed E-state index contributed by atoms with van der Waals surface area (Å²) in [5.74, 6) is 0. The summed E-state index contributed by atoms with van der Waals surface area (Å²) < 4.78 is 0. The Morgan fingerprint density at radius 2 is 2.29 bits per heavy atom. The molecule has 17 heavy (non-hydrogen) atoms. The van der Waals surface area contributed by atoms with Crippen molar-refractivity contribution in [1.29, 1.82) is 0 Å². The Morgan fingerprint density at radius 1 is 1.29 bits per heavy atom. The highest BCUT2D eigenvalue weighted by Gasteiger charge is 2.38. The SMILES string of the molecule is c1cc2[nH]ncc2cc1NC1CC2CCC1N2.